The van der Waals surface area contributed by atoms with Gasteiger partial charge in [-0.15, -0.1) is 0 Å². The van der Waals surface area contributed by atoms with Crippen molar-refractivity contribution in [3.63, 3.8) is 0 Å². The number of benzene rings is 2. The van der Waals surface area contributed by atoms with Crippen LogP contribution in [0, 0.1) is 6.92 Å². The number of amides is 2. The zero-order chi connectivity index (χ0) is 15.1. The Morgan fingerprint density at radius 2 is 1.71 bits per heavy atom. The normalized spacial score (nSPS) is 10.3. The fourth-order valence-corrected chi connectivity index (χ4v) is 1.75. The molecule has 0 fully saturated rings. The molecule has 21 heavy (non-hydrogen) atoms. The molecular weight excluding hydrogens is 264 g/mol. The Kier molecular flexibility index (Phi) is 4.88. The standard InChI is InChI=1S/C17H16N2O2/c1-13-6-5-9-15(12-13)17(21)19-18-16(20)11-10-14-7-3-2-4-8-14/h2-12H,1H3,(H,18,20)(H,19,21)/b11-10-. The molecule has 4 heteroatoms. The third kappa shape index (κ3) is 4.62. The molecule has 2 rings (SSSR count). The average Bonchev–Trinajstić information content (AvgIpc) is 2.51. The fraction of sp³-hybridized carbons (Fsp3) is 0.0588. The van der Waals surface area contributed by atoms with Crippen LogP contribution < -0.4 is 10.9 Å². The molecule has 2 aromatic rings. The van der Waals surface area contributed by atoms with Gasteiger partial charge in [0, 0.05) is 11.6 Å². The monoisotopic (exact) mass is 280 g/mol. The minimum atomic E-state index is -0.389. The molecule has 0 aromatic heterocycles. The Hall–Kier alpha value is -2.88. The molecule has 0 saturated carbocycles. The van der Waals surface area contributed by atoms with Crippen LogP contribution in [-0.4, -0.2) is 11.8 Å². The van der Waals surface area contributed by atoms with E-state index >= 15 is 0 Å². The number of hydrazine groups is 1. The lowest BCUT2D eigenvalue weighted by molar-refractivity contribution is -0.117. The summed E-state index contributed by atoms with van der Waals surface area (Å²) in [4.78, 5) is 23.4. The van der Waals surface area contributed by atoms with Crippen molar-refractivity contribution < 1.29 is 9.59 Å². The van der Waals surface area contributed by atoms with Gasteiger partial charge in [-0.25, -0.2) is 0 Å². The van der Waals surface area contributed by atoms with Crippen LogP contribution in [0.3, 0.4) is 0 Å². The van der Waals surface area contributed by atoms with Crippen molar-refractivity contribution in [2.45, 2.75) is 6.92 Å². The first-order valence-corrected chi connectivity index (χ1v) is 6.55. The van der Waals surface area contributed by atoms with E-state index in [0.717, 1.165) is 11.1 Å². The highest BCUT2D eigenvalue weighted by Gasteiger charge is 2.05. The number of aryl methyl sites for hydroxylation is 1. The molecule has 0 aliphatic carbocycles. The predicted octanol–water partition coefficient (Wildman–Crippen LogP) is 2.47. The molecule has 0 aliphatic rings. The molecule has 0 heterocycles. The van der Waals surface area contributed by atoms with Crippen molar-refractivity contribution in [1.82, 2.24) is 10.9 Å². The number of carbonyl (C=O) groups is 2. The summed E-state index contributed by atoms with van der Waals surface area (Å²) < 4.78 is 0. The summed E-state index contributed by atoms with van der Waals surface area (Å²) in [5.74, 6) is -0.736. The van der Waals surface area contributed by atoms with Gasteiger partial charge in [0.1, 0.15) is 0 Å². The third-order valence-corrected chi connectivity index (χ3v) is 2.81. The van der Waals surface area contributed by atoms with Crippen LogP contribution in [0.1, 0.15) is 21.5 Å². The summed E-state index contributed by atoms with van der Waals surface area (Å²) in [7, 11) is 0. The first kappa shape index (κ1) is 14.5. The molecule has 2 aromatic carbocycles. The molecule has 4 nitrogen and oxygen atoms in total. The van der Waals surface area contributed by atoms with Gasteiger partial charge in [0.25, 0.3) is 11.8 Å². The first-order valence-electron chi connectivity index (χ1n) is 6.55. The first-order chi connectivity index (χ1) is 10.1. The molecule has 0 aliphatic heterocycles. The fourth-order valence-electron chi connectivity index (χ4n) is 1.75. The van der Waals surface area contributed by atoms with Crippen molar-refractivity contribution in [3.05, 3.63) is 77.4 Å². The quantitative estimate of drug-likeness (QED) is 0.670. The Balaban J connectivity index is 1.87. The van der Waals surface area contributed by atoms with Crippen LogP contribution in [0.25, 0.3) is 6.08 Å². The van der Waals surface area contributed by atoms with Crippen LogP contribution >= 0.6 is 0 Å². The highest BCUT2D eigenvalue weighted by molar-refractivity contribution is 5.97. The SMILES string of the molecule is Cc1cccc(C(=O)NNC(=O)/C=C\c2ccccc2)c1. The van der Waals surface area contributed by atoms with Gasteiger partial charge in [-0.05, 0) is 30.7 Å². The molecule has 0 radical (unpaired) electrons. The van der Waals surface area contributed by atoms with Crippen molar-refractivity contribution in [3.8, 4) is 0 Å². The van der Waals surface area contributed by atoms with Gasteiger partial charge >= 0.3 is 0 Å². The van der Waals surface area contributed by atoms with Gasteiger partial charge in [0.05, 0.1) is 0 Å². The topological polar surface area (TPSA) is 58.2 Å². The van der Waals surface area contributed by atoms with E-state index in [1.807, 2.05) is 43.3 Å². The lowest BCUT2D eigenvalue weighted by Gasteiger charge is -2.05. The molecule has 106 valence electrons. The maximum atomic E-state index is 11.8. The Morgan fingerprint density at radius 3 is 2.43 bits per heavy atom. The van der Waals surface area contributed by atoms with Crippen LogP contribution in [-0.2, 0) is 4.79 Å². The van der Waals surface area contributed by atoms with Crippen LogP contribution in [0.4, 0.5) is 0 Å². The van der Waals surface area contributed by atoms with Gasteiger partial charge in [-0.3, -0.25) is 20.4 Å². The molecule has 2 amide bonds. The van der Waals surface area contributed by atoms with Gasteiger partial charge < -0.3 is 0 Å². The van der Waals surface area contributed by atoms with Crippen molar-refractivity contribution >= 4 is 17.9 Å². The number of hydrogen-bond acceptors (Lipinski definition) is 2. The summed E-state index contributed by atoms with van der Waals surface area (Å²) in [6.07, 6.45) is 3.04. The van der Waals surface area contributed by atoms with E-state index in [1.54, 1.807) is 24.3 Å². The minimum absolute atomic E-state index is 0.347. The Labute approximate surface area is 123 Å². The van der Waals surface area contributed by atoms with Crippen molar-refractivity contribution in [2.75, 3.05) is 0 Å². The van der Waals surface area contributed by atoms with E-state index in [1.165, 1.54) is 6.08 Å². The van der Waals surface area contributed by atoms with E-state index in [2.05, 4.69) is 10.9 Å². The minimum Gasteiger partial charge on any atom is -0.268 e. The summed E-state index contributed by atoms with van der Waals surface area (Å²) in [6, 6.07) is 16.6. The maximum absolute atomic E-state index is 11.8. The number of hydrogen-bond donors (Lipinski definition) is 2. The van der Waals surface area contributed by atoms with E-state index in [0.29, 0.717) is 5.56 Å². The second-order valence-electron chi connectivity index (χ2n) is 4.56. The molecule has 0 atom stereocenters. The third-order valence-electron chi connectivity index (χ3n) is 2.81. The molecule has 0 spiro atoms. The van der Waals surface area contributed by atoms with E-state index in [9.17, 15) is 9.59 Å². The summed E-state index contributed by atoms with van der Waals surface area (Å²) in [5, 5.41) is 0. The van der Waals surface area contributed by atoms with Gasteiger partial charge in [0.15, 0.2) is 0 Å². The van der Waals surface area contributed by atoms with E-state index in [4.69, 9.17) is 0 Å². The van der Waals surface area contributed by atoms with Crippen molar-refractivity contribution in [1.29, 1.82) is 0 Å². The Morgan fingerprint density at radius 1 is 0.952 bits per heavy atom. The highest BCUT2D eigenvalue weighted by atomic mass is 16.2. The van der Waals surface area contributed by atoms with Crippen LogP contribution in [0.15, 0.2) is 60.7 Å². The van der Waals surface area contributed by atoms with Gasteiger partial charge in [-0.1, -0.05) is 48.0 Å². The van der Waals surface area contributed by atoms with Gasteiger partial charge in [0.2, 0.25) is 0 Å². The largest absolute Gasteiger partial charge is 0.269 e. The zero-order valence-electron chi connectivity index (χ0n) is 11.7. The molecule has 0 unspecified atom stereocenters. The zero-order valence-corrected chi connectivity index (χ0v) is 11.7. The van der Waals surface area contributed by atoms with E-state index < -0.39 is 0 Å². The highest BCUT2D eigenvalue weighted by Crippen LogP contribution is 2.03. The number of carbonyl (C=O) groups excluding carboxylic acids is 2. The van der Waals surface area contributed by atoms with Gasteiger partial charge in [-0.2, -0.15) is 0 Å². The number of rotatable bonds is 3. The molecule has 0 saturated heterocycles. The van der Waals surface area contributed by atoms with Crippen LogP contribution in [0.5, 0.6) is 0 Å². The lowest BCUT2D eigenvalue weighted by Crippen LogP contribution is -2.40. The average molecular weight is 280 g/mol. The Bertz CT molecular complexity index is 664. The lowest BCUT2D eigenvalue weighted by atomic mass is 10.1. The van der Waals surface area contributed by atoms with E-state index in [-0.39, 0.29) is 11.8 Å². The number of nitrogens with one attached hydrogen (secondary N) is 2. The summed E-state index contributed by atoms with van der Waals surface area (Å²) >= 11 is 0. The second-order valence-corrected chi connectivity index (χ2v) is 4.56. The van der Waals surface area contributed by atoms with Crippen LogP contribution in [0.2, 0.25) is 0 Å². The molecular formula is C17H16N2O2. The maximum Gasteiger partial charge on any atom is 0.269 e. The summed E-state index contributed by atoms with van der Waals surface area (Å²) in [6.45, 7) is 1.90. The molecule has 2 N–H and O–H groups in total. The summed E-state index contributed by atoms with van der Waals surface area (Å²) in [5.41, 5.74) is 7.12. The predicted molar refractivity (Wildman–Crippen MR) is 82.3 cm³/mol. The second kappa shape index (κ2) is 7.05. The van der Waals surface area contributed by atoms with Crippen molar-refractivity contribution in [2.24, 2.45) is 0 Å². The smallest absolute Gasteiger partial charge is 0.268 e. The molecule has 0 bridgehead atoms.